The molecule has 0 unspecified atom stereocenters. The minimum absolute atomic E-state index is 0.0119. The maximum Gasteiger partial charge on any atom is 0.173 e. The number of hydrogen-bond donors (Lipinski definition) is 3. The van der Waals surface area contributed by atoms with Gasteiger partial charge in [0.15, 0.2) is 5.84 Å². The molecule has 0 aromatic heterocycles. The van der Waals surface area contributed by atoms with Gasteiger partial charge in [-0.25, -0.2) is 0 Å². The minimum atomic E-state index is -0.160. The van der Waals surface area contributed by atoms with Crippen molar-refractivity contribution in [1.29, 1.82) is 0 Å². The number of halogens is 1. The van der Waals surface area contributed by atoms with Crippen LogP contribution in [-0.4, -0.2) is 16.1 Å². The molecule has 1 aromatic rings. The first-order valence-corrected chi connectivity index (χ1v) is 4.33. The molecule has 0 aliphatic carbocycles. The van der Waals surface area contributed by atoms with E-state index in [9.17, 15) is 5.11 Å². The van der Waals surface area contributed by atoms with Crippen molar-refractivity contribution in [3.63, 3.8) is 0 Å². The third-order valence-electron chi connectivity index (χ3n) is 2.19. The number of rotatable bonds is 1. The van der Waals surface area contributed by atoms with Gasteiger partial charge in [-0.3, -0.25) is 0 Å². The number of phenols is 1. The highest BCUT2D eigenvalue weighted by Gasteiger charge is 2.13. The first-order chi connectivity index (χ1) is 6.49. The molecule has 1 aromatic carbocycles. The quantitative estimate of drug-likeness (QED) is 0.288. The van der Waals surface area contributed by atoms with Crippen LogP contribution in [0.15, 0.2) is 11.2 Å². The summed E-state index contributed by atoms with van der Waals surface area (Å²) in [5.74, 6) is -0.172. The molecule has 0 saturated heterocycles. The van der Waals surface area contributed by atoms with Crippen LogP contribution in [0.3, 0.4) is 0 Å². The lowest BCUT2D eigenvalue weighted by molar-refractivity contribution is 0.318. The number of nitrogens with zero attached hydrogens (tertiary/aromatic N) is 1. The lowest BCUT2D eigenvalue weighted by atomic mass is 10.0. The zero-order valence-corrected chi connectivity index (χ0v) is 8.63. The van der Waals surface area contributed by atoms with Gasteiger partial charge in [0.2, 0.25) is 0 Å². The lowest BCUT2D eigenvalue weighted by Gasteiger charge is -2.10. The van der Waals surface area contributed by atoms with Gasteiger partial charge in [-0.1, -0.05) is 16.8 Å². The fourth-order valence-corrected chi connectivity index (χ4v) is 1.36. The molecule has 4 nitrogen and oxygen atoms in total. The van der Waals surface area contributed by atoms with Crippen molar-refractivity contribution in [2.24, 2.45) is 10.9 Å². The molecule has 0 amide bonds. The molecule has 0 heterocycles. The molecule has 0 aliphatic heterocycles. The van der Waals surface area contributed by atoms with E-state index < -0.39 is 0 Å². The van der Waals surface area contributed by atoms with Gasteiger partial charge in [-0.05, 0) is 31.0 Å². The molecule has 76 valence electrons. The third kappa shape index (κ3) is 1.61. The van der Waals surface area contributed by atoms with Crippen LogP contribution in [0.5, 0.6) is 5.75 Å². The first-order valence-electron chi connectivity index (χ1n) is 3.95. The number of aromatic hydroxyl groups is 1. The van der Waals surface area contributed by atoms with Gasteiger partial charge in [0.25, 0.3) is 0 Å². The Labute approximate surface area is 86.6 Å². The maximum atomic E-state index is 9.67. The Morgan fingerprint density at radius 1 is 1.43 bits per heavy atom. The largest absolute Gasteiger partial charge is 0.507 e. The molecule has 1 rings (SSSR count). The summed E-state index contributed by atoms with van der Waals surface area (Å²) in [5.41, 5.74) is 7.00. The summed E-state index contributed by atoms with van der Waals surface area (Å²) >= 11 is 5.89. The average molecular weight is 215 g/mol. The number of hydrogen-bond acceptors (Lipinski definition) is 3. The Bertz CT molecular complexity index is 402. The monoisotopic (exact) mass is 214 g/mol. The molecule has 0 spiro atoms. The van der Waals surface area contributed by atoms with Crippen LogP contribution >= 0.6 is 11.6 Å². The van der Waals surface area contributed by atoms with E-state index in [-0.39, 0.29) is 17.1 Å². The fraction of sp³-hybridized carbons (Fsp3) is 0.222. The summed E-state index contributed by atoms with van der Waals surface area (Å²) in [7, 11) is 0. The van der Waals surface area contributed by atoms with Crippen LogP contribution in [0.25, 0.3) is 0 Å². The highest BCUT2D eigenvalue weighted by Crippen LogP contribution is 2.30. The molecular formula is C9H11ClN2O2. The molecule has 0 bridgehead atoms. The maximum absolute atomic E-state index is 9.67. The second kappa shape index (κ2) is 3.75. The van der Waals surface area contributed by atoms with Gasteiger partial charge < -0.3 is 16.0 Å². The summed E-state index contributed by atoms with van der Waals surface area (Å²) in [4.78, 5) is 0. The molecule has 0 aliphatic rings. The molecular weight excluding hydrogens is 204 g/mol. The smallest absolute Gasteiger partial charge is 0.173 e. The summed E-state index contributed by atoms with van der Waals surface area (Å²) in [6.07, 6.45) is 0. The van der Waals surface area contributed by atoms with Crippen molar-refractivity contribution in [3.8, 4) is 5.75 Å². The van der Waals surface area contributed by atoms with Gasteiger partial charge in [0.1, 0.15) is 5.75 Å². The number of phenolic OH excluding ortho intramolecular Hbond substituents is 1. The second-order valence-corrected chi connectivity index (χ2v) is 3.40. The molecule has 0 atom stereocenters. The Kier molecular flexibility index (Phi) is 2.86. The van der Waals surface area contributed by atoms with E-state index in [2.05, 4.69) is 5.16 Å². The predicted molar refractivity (Wildman–Crippen MR) is 55.1 cm³/mol. The van der Waals surface area contributed by atoms with Crippen LogP contribution < -0.4 is 5.73 Å². The Balaban J connectivity index is 3.48. The molecule has 0 saturated carbocycles. The van der Waals surface area contributed by atoms with Gasteiger partial charge in [0.05, 0.1) is 5.56 Å². The highest BCUT2D eigenvalue weighted by atomic mass is 35.5. The lowest BCUT2D eigenvalue weighted by Crippen LogP contribution is -2.14. The first kappa shape index (κ1) is 10.7. The molecule has 4 N–H and O–H groups in total. The van der Waals surface area contributed by atoms with Crippen molar-refractivity contribution in [2.75, 3.05) is 0 Å². The standard InChI is InChI=1S/C9H11ClN2O2/c1-4-5(2)8(13)6(3-7(4)10)9(11)12-14/h3,13-14H,1-2H3,(H2,11,12). The van der Waals surface area contributed by atoms with Crippen LogP contribution in [0.2, 0.25) is 5.02 Å². The van der Waals surface area contributed by atoms with E-state index in [1.807, 2.05) is 0 Å². The van der Waals surface area contributed by atoms with Gasteiger partial charge in [-0.2, -0.15) is 0 Å². The number of amidine groups is 1. The number of nitrogens with two attached hydrogens (primary N) is 1. The van der Waals surface area contributed by atoms with Crippen molar-refractivity contribution in [2.45, 2.75) is 13.8 Å². The van der Waals surface area contributed by atoms with E-state index >= 15 is 0 Å². The number of benzene rings is 1. The molecule has 0 fully saturated rings. The van der Waals surface area contributed by atoms with E-state index in [0.717, 1.165) is 5.56 Å². The van der Waals surface area contributed by atoms with E-state index in [1.54, 1.807) is 13.8 Å². The van der Waals surface area contributed by atoms with Crippen molar-refractivity contribution >= 4 is 17.4 Å². The fourth-order valence-electron chi connectivity index (χ4n) is 1.11. The molecule has 0 radical (unpaired) electrons. The molecule has 14 heavy (non-hydrogen) atoms. The predicted octanol–water partition coefficient (Wildman–Crippen LogP) is 1.76. The van der Waals surface area contributed by atoms with Gasteiger partial charge >= 0.3 is 0 Å². The normalized spacial score (nSPS) is 11.8. The van der Waals surface area contributed by atoms with Crippen LogP contribution in [0.4, 0.5) is 0 Å². The van der Waals surface area contributed by atoms with E-state index in [1.165, 1.54) is 6.07 Å². The van der Waals surface area contributed by atoms with Crippen LogP contribution in [-0.2, 0) is 0 Å². The summed E-state index contributed by atoms with van der Waals surface area (Å²) in [5, 5.41) is 21.4. The van der Waals surface area contributed by atoms with Crippen molar-refractivity contribution in [3.05, 3.63) is 27.8 Å². The van der Waals surface area contributed by atoms with Gasteiger partial charge in [-0.15, -0.1) is 0 Å². The SMILES string of the molecule is Cc1c(Cl)cc(/C(N)=N\O)c(O)c1C. The average Bonchev–Trinajstić information content (AvgIpc) is 2.19. The van der Waals surface area contributed by atoms with E-state index in [0.29, 0.717) is 10.6 Å². The summed E-state index contributed by atoms with van der Waals surface area (Å²) < 4.78 is 0. The third-order valence-corrected chi connectivity index (χ3v) is 2.58. The van der Waals surface area contributed by atoms with Gasteiger partial charge in [0, 0.05) is 5.02 Å². The minimum Gasteiger partial charge on any atom is -0.507 e. The summed E-state index contributed by atoms with van der Waals surface area (Å²) in [6, 6.07) is 1.47. The Morgan fingerprint density at radius 3 is 2.50 bits per heavy atom. The zero-order valence-electron chi connectivity index (χ0n) is 7.87. The van der Waals surface area contributed by atoms with Crippen LogP contribution in [0, 0.1) is 13.8 Å². The van der Waals surface area contributed by atoms with Crippen molar-refractivity contribution in [1.82, 2.24) is 0 Å². The topological polar surface area (TPSA) is 78.8 Å². The van der Waals surface area contributed by atoms with Crippen LogP contribution in [0.1, 0.15) is 16.7 Å². The number of oxime groups is 1. The Hall–Kier alpha value is -1.42. The summed E-state index contributed by atoms with van der Waals surface area (Å²) in [6.45, 7) is 3.50. The zero-order chi connectivity index (χ0) is 10.9. The van der Waals surface area contributed by atoms with E-state index in [4.69, 9.17) is 22.5 Å². The van der Waals surface area contributed by atoms with Crippen molar-refractivity contribution < 1.29 is 10.3 Å². The highest BCUT2D eigenvalue weighted by molar-refractivity contribution is 6.32. The Morgan fingerprint density at radius 2 is 2.00 bits per heavy atom. The second-order valence-electron chi connectivity index (χ2n) is 2.99. The molecule has 5 heteroatoms.